The van der Waals surface area contributed by atoms with Crippen LogP contribution in [0, 0.1) is 0 Å². The first-order valence-corrected chi connectivity index (χ1v) is 42.8. The van der Waals surface area contributed by atoms with Gasteiger partial charge >= 0.3 is 39.5 Å². The van der Waals surface area contributed by atoms with E-state index >= 15 is 0 Å². The number of hydrogen-bond donors (Lipinski definition) is 3. The van der Waals surface area contributed by atoms with Crippen LogP contribution in [-0.2, 0) is 65.4 Å². The molecule has 5 atom stereocenters. The van der Waals surface area contributed by atoms with Crippen LogP contribution in [0.1, 0.15) is 349 Å². The SMILES string of the molecule is CCCCC/C=C\C/C=C\C/C=C\C/C=C\CCCC(=O)O[C@H](COC(=O)CCCCCCC/C=C\CCCCCC)COP(=O)(O)OC[C@H](O)COP(=O)(O)OC[C@@H](COC(=O)CCCCCCCCC/C=C\CCCCCC)OC(=O)CCCCCCCCC/C=C\CCCCCC. The number of carbonyl (C=O) groups excluding carboxylic acids is 4. The summed E-state index contributed by atoms with van der Waals surface area (Å²) in [5, 5.41) is 10.6. The van der Waals surface area contributed by atoms with Gasteiger partial charge in [-0.25, -0.2) is 9.13 Å². The highest BCUT2D eigenvalue weighted by Gasteiger charge is 2.30. The molecule has 100 heavy (non-hydrogen) atoms. The molecule has 0 aromatic carbocycles. The van der Waals surface area contributed by atoms with Crippen LogP contribution in [0.3, 0.4) is 0 Å². The normalized spacial score (nSPS) is 14.3. The number of ether oxygens (including phenoxy) is 4. The Bertz CT molecular complexity index is 2230. The second-order valence-electron chi connectivity index (χ2n) is 26.6. The summed E-state index contributed by atoms with van der Waals surface area (Å²) >= 11 is 0. The Labute approximate surface area is 608 Å². The van der Waals surface area contributed by atoms with Gasteiger partial charge in [0.25, 0.3) is 0 Å². The van der Waals surface area contributed by atoms with Crippen LogP contribution in [0.15, 0.2) is 85.1 Å². The van der Waals surface area contributed by atoms with Crippen molar-refractivity contribution in [1.29, 1.82) is 0 Å². The number of aliphatic hydroxyl groups excluding tert-OH is 1. The molecule has 0 spiro atoms. The third-order valence-corrected chi connectivity index (χ3v) is 18.7. The zero-order valence-electron chi connectivity index (χ0n) is 63.4. The van der Waals surface area contributed by atoms with E-state index in [2.05, 4.69) is 101 Å². The van der Waals surface area contributed by atoms with E-state index < -0.39 is 97.5 Å². The molecule has 0 fully saturated rings. The second-order valence-corrected chi connectivity index (χ2v) is 29.5. The largest absolute Gasteiger partial charge is 0.472 e. The maximum Gasteiger partial charge on any atom is 0.472 e. The highest BCUT2D eigenvalue weighted by Crippen LogP contribution is 2.45. The summed E-state index contributed by atoms with van der Waals surface area (Å²) in [6.07, 6.45) is 75.6. The molecular weight excluding hydrogens is 1310 g/mol. The smallest absolute Gasteiger partial charge is 0.462 e. The molecule has 0 aliphatic carbocycles. The summed E-state index contributed by atoms with van der Waals surface area (Å²) < 4.78 is 68.5. The third-order valence-electron chi connectivity index (χ3n) is 16.8. The van der Waals surface area contributed by atoms with Gasteiger partial charge in [-0.1, -0.05) is 267 Å². The lowest BCUT2D eigenvalue weighted by Gasteiger charge is -2.21. The van der Waals surface area contributed by atoms with Crippen molar-refractivity contribution in [2.24, 2.45) is 0 Å². The van der Waals surface area contributed by atoms with Crippen LogP contribution in [0.25, 0.3) is 0 Å². The van der Waals surface area contributed by atoms with Crippen molar-refractivity contribution < 1.29 is 80.2 Å². The number of carbonyl (C=O) groups is 4. The fourth-order valence-electron chi connectivity index (χ4n) is 10.7. The van der Waals surface area contributed by atoms with E-state index in [-0.39, 0.29) is 25.7 Å². The van der Waals surface area contributed by atoms with Crippen LogP contribution < -0.4 is 0 Å². The van der Waals surface area contributed by atoms with Crippen molar-refractivity contribution in [3.05, 3.63) is 85.1 Å². The van der Waals surface area contributed by atoms with Gasteiger partial charge in [-0.15, -0.1) is 0 Å². The van der Waals surface area contributed by atoms with Crippen LogP contribution in [0.5, 0.6) is 0 Å². The third kappa shape index (κ3) is 72.6. The fraction of sp³-hybridized carbons (Fsp3) is 0.778. The van der Waals surface area contributed by atoms with Crippen molar-refractivity contribution in [2.45, 2.75) is 367 Å². The summed E-state index contributed by atoms with van der Waals surface area (Å²) in [6.45, 7) is 4.77. The molecule has 0 aliphatic rings. The zero-order chi connectivity index (χ0) is 73.2. The number of allylic oxidation sites excluding steroid dienone is 14. The highest BCUT2D eigenvalue weighted by atomic mass is 31.2. The van der Waals surface area contributed by atoms with Crippen LogP contribution in [-0.4, -0.2) is 96.7 Å². The molecule has 580 valence electrons. The Kier molecular flexibility index (Phi) is 70.8. The molecule has 19 heteroatoms. The van der Waals surface area contributed by atoms with Crippen LogP contribution in [0.4, 0.5) is 0 Å². The van der Waals surface area contributed by atoms with E-state index in [1.807, 2.05) is 12.2 Å². The van der Waals surface area contributed by atoms with Crippen molar-refractivity contribution in [3.63, 3.8) is 0 Å². The van der Waals surface area contributed by atoms with Crippen LogP contribution >= 0.6 is 15.6 Å². The molecular formula is C81H144O17P2. The van der Waals surface area contributed by atoms with Gasteiger partial charge in [0.05, 0.1) is 26.4 Å². The average Bonchev–Trinajstić information content (AvgIpc) is 1.13. The predicted molar refractivity (Wildman–Crippen MR) is 409 cm³/mol. The number of unbranched alkanes of at least 4 members (excludes halogenated alkanes) is 35. The number of hydrogen-bond acceptors (Lipinski definition) is 15. The number of aliphatic hydroxyl groups is 1. The Morgan fingerprint density at radius 3 is 0.820 bits per heavy atom. The van der Waals surface area contributed by atoms with Gasteiger partial charge in [-0.2, -0.15) is 0 Å². The maximum atomic E-state index is 13.1. The van der Waals surface area contributed by atoms with Crippen molar-refractivity contribution >= 4 is 39.5 Å². The topological polar surface area (TPSA) is 237 Å². The lowest BCUT2D eigenvalue weighted by molar-refractivity contribution is -0.161. The van der Waals surface area contributed by atoms with E-state index in [0.717, 1.165) is 154 Å². The molecule has 0 aromatic rings. The summed E-state index contributed by atoms with van der Waals surface area (Å²) in [5.74, 6) is -2.24. The minimum Gasteiger partial charge on any atom is -0.462 e. The minimum absolute atomic E-state index is 0.0190. The first-order valence-electron chi connectivity index (χ1n) is 39.8. The Hall–Kier alpha value is -3.76. The molecule has 0 saturated carbocycles. The van der Waals surface area contributed by atoms with Gasteiger partial charge in [-0.3, -0.25) is 37.3 Å². The summed E-state index contributed by atoms with van der Waals surface area (Å²) in [5.41, 5.74) is 0. The Morgan fingerprint density at radius 2 is 0.500 bits per heavy atom. The number of esters is 4. The van der Waals surface area contributed by atoms with Crippen molar-refractivity contribution in [3.8, 4) is 0 Å². The summed E-state index contributed by atoms with van der Waals surface area (Å²) in [4.78, 5) is 72.9. The van der Waals surface area contributed by atoms with Gasteiger partial charge in [0.2, 0.25) is 0 Å². The molecule has 0 bridgehead atoms. The molecule has 17 nitrogen and oxygen atoms in total. The van der Waals surface area contributed by atoms with E-state index in [1.165, 1.54) is 109 Å². The van der Waals surface area contributed by atoms with Gasteiger partial charge in [0.1, 0.15) is 19.3 Å². The molecule has 0 saturated heterocycles. The molecule has 0 rings (SSSR count). The number of rotatable bonds is 75. The average molecular weight is 1450 g/mol. The van der Waals surface area contributed by atoms with E-state index in [9.17, 15) is 43.2 Å². The van der Waals surface area contributed by atoms with Gasteiger partial charge in [0.15, 0.2) is 12.2 Å². The second kappa shape index (κ2) is 73.5. The molecule has 0 heterocycles. The van der Waals surface area contributed by atoms with Gasteiger partial charge in [-0.05, 0) is 141 Å². The van der Waals surface area contributed by atoms with E-state index in [0.29, 0.717) is 32.1 Å². The monoisotopic (exact) mass is 1450 g/mol. The lowest BCUT2D eigenvalue weighted by Crippen LogP contribution is -2.30. The summed E-state index contributed by atoms with van der Waals surface area (Å²) in [6, 6.07) is 0. The molecule has 0 aliphatic heterocycles. The van der Waals surface area contributed by atoms with Crippen LogP contribution in [0.2, 0.25) is 0 Å². The van der Waals surface area contributed by atoms with Crippen molar-refractivity contribution in [2.75, 3.05) is 39.6 Å². The molecule has 3 N–H and O–H groups in total. The molecule has 0 radical (unpaired) electrons. The quantitative estimate of drug-likeness (QED) is 0.0169. The fourth-order valence-corrected chi connectivity index (χ4v) is 12.2. The maximum absolute atomic E-state index is 13.1. The number of phosphoric acid groups is 2. The zero-order valence-corrected chi connectivity index (χ0v) is 65.2. The molecule has 2 unspecified atom stereocenters. The number of phosphoric ester groups is 2. The molecule has 0 amide bonds. The van der Waals surface area contributed by atoms with Crippen molar-refractivity contribution in [1.82, 2.24) is 0 Å². The van der Waals surface area contributed by atoms with E-state index in [1.54, 1.807) is 0 Å². The minimum atomic E-state index is -4.99. The Balaban J connectivity index is 5.40. The van der Waals surface area contributed by atoms with Gasteiger partial charge in [0, 0.05) is 25.7 Å². The highest BCUT2D eigenvalue weighted by molar-refractivity contribution is 7.47. The first-order chi connectivity index (χ1) is 48.7. The van der Waals surface area contributed by atoms with E-state index in [4.69, 9.17) is 37.0 Å². The predicted octanol–water partition coefficient (Wildman–Crippen LogP) is 23.0. The summed E-state index contributed by atoms with van der Waals surface area (Å²) in [7, 11) is -9.97. The standard InChI is InChI=1S/C81H144O17P2/c1-5-9-13-17-21-25-29-33-36-37-40-44-48-52-56-60-64-68-81(86)98-76(71-91-78(83)65-61-57-53-49-45-41-32-28-24-20-16-12-8-4)73-95-99(87,88)93-69-75(82)70-94-100(89,90)96-74-77(97-80(85)67-63-59-55-51-47-43-39-35-31-27-23-19-15-11-7-3)72-92-79(84)66-62-58-54-50-46-42-38-34-30-26-22-18-14-10-6-2/h21,25-28,30-33,36,40,44,52,56,75-77,82H,5-20,22-24,29,34-35,37-39,41-43,45-51,53-55,57-74H2,1-4H3,(H,87,88)(H,89,90)/b25-21-,30-26-,31-27-,32-28-,36-33-,44-40-,56-52-/t75-,76+,77+/m0/s1. The first kappa shape index (κ1) is 96.2. The molecule has 0 aromatic heterocycles. The Morgan fingerprint density at radius 1 is 0.280 bits per heavy atom. The lowest BCUT2D eigenvalue weighted by atomic mass is 10.1. The van der Waals surface area contributed by atoms with Gasteiger partial charge < -0.3 is 33.8 Å².